The van der Waals surface area contributed by atoms with Gasteiger partial charge in [0.2, 0.25) is 0 Å². The average Bonchev–Trinajstić information content (AvgIpc) is 3.25. The van der Waals surface area contributed by atoms with Crippen molar-refractivity contribution in [1.29, 1.82) is 0 Å². The van der Waals surface area contributed by atoms with Crippen LogP contribution in [0.5, 0.6) is 0 Å². The molecule has 2 heterocycles. The number of hydrogen-bond donors (Lipinski definition) is 3. The number of furan rings is 1. The highest BCUT2D eigenvalue weighted by atomic mass is 16.4. The number of likely N-dealkylation sites (tertiary alicyclic amines) is 1. The lowest BCUT2D eigenvalue weighted by Gasteiger charge is -2.23. The summed E-state index contributed by atoms with van der Waals surface area (Å²) >= 11 is 0. The monoisotopic (exact) mass is 335 g/mol. The van der Waals surface area contributed by atoms with Crippen LogP contribution in [0.2, 0.25) is 0 Å². The number of carboxylic acids is 1. The van der Waals surface area contributed by atoms with Crippen LogP contribution in [0.25, 0.3) is 0 Å². The highest BCUT2D eigenvalue weighted by Gasteiger charge is 2.55. The lowest BCUT2D eigenvalue weighted by molar-refractivity contribution is -0.149. The molecule has 8 nitrogen and oxygen atoms in total. The summed E-state index contributed by atoms with van der Waals surface area (Å²) < 4.78 is 4.97. The Hall–Kier alpha value is -2.51. The summed E-state index contributed by atoms with van der Waals surface area (Å²) in [6, 6.07) is 2.90. The third-order valence-electron chi connectivity index (χ3n) is 5.02. The molecule has 2 aliphatic rings. The number of fused-ring (bicyclic) bond motifs is 1. The van der Waals surface area contributed by atoms with E-state index in [1.165, 1.54) is 6.26 Å². The summed E-state index contributed by atoms with van der Waals surface area (Å²) in [7, 11) is 0. The molecule has 1 saturated carbocycles. The molecule has 1 saturated heterocycles. The van der Waals surface area contributed by atoms with Gasteiger partial charge in [0.25, 0.3) is 5.91 Å². The van der Waals surface area contributed by atoms with Crippen molar-refractivity contribution in [2.45, 2.75) is 19.3 Å². The third kappa shape index (κ3) is 2.95. The van der Waals surface area contributed by atoms with E-state index in [-0.39, 0.29) is 43.3 Å². The fourth-order valence-corrected chi connectivity index (χ4v) is 3.75. The highest BCUT2D eigenvalue weighted by Crippen LogP contribution is 2.48. The van der Waals surface area contributed by atoms with Gasteiger partial charge in [-0.15, -0.1) is 0 Å². The molecular weight excluding hydrogens is 314 g/mol. The maximum Gasteiger partial charge on any atom is 0.317 e. The molecule has 1 aromatic heterocycles. The van der Waals surface area contributed by atoms with Crippen LogP contribution in [0.4, 0.5) is 4.79 Å². The molecule has 130 valence electrons. The summed E-state index contributed by atoms with van der Waals surface area (Å²) in [5, 5.41) is 14.9. The van der Waals surface area contributed by atoms with Gasteiger partial charge in [-0.1, -0.05) is 6.42 Å². The van der Waals surface area contributed by atoms with E-state index >= 15 is 0 Å². The summed E-state index contributed by atoms with van der Waals surface area (Å²) in [5.41, 5.74) is -0.773. The van der Waals surface area contributed by atoms with Crippen molar-refractivity contribution < 1.29 is 23.9 Å². The summed E-state index contributed by atoms with van der Waals surface area (Å²) in [5.74, 6) is -0.878. The largest absolute Gasteiger partial charge is 0.481 e. The molecule has 8 heteroatoms. The smallest absolute Gasteiger partial charge is 0.317 e. The van der Waals surface area contributed by atoms with Crippen molar-refractivity contribution in [1.82, 2.24) is 15.5 Å². The van der Waals surface area contributed by atoms with Gasteiger partial charge in [0, 0.05) is 26.2 Å². The third-order valence-corrected chi connectivity index (χ3v) is 5.02. The van der Waals surface area contributed by atoms with Gasteiger partial charge in [-0.3, -0.25) is 9.59 Å². The van der Waals surface area contributed by atoms with Gasteiger partial charge in [0.15, 0.2) is 5.76 Å². The van der Waals surface area contributed by atoms with Crippen molar-refractivity contribution in [3.8, 4) is 0 Å². The predicted octanol–water partition coefficient (Wildman–Crippen LogP) is 0.906. The van der Waals surface area contributed by atoms with Crippen LogP contribution in [0.1, 0.15) is 29.8 Å². The molecule has 0 radical (unpaired) electrons. The van der Waals surface area contributed by atoms with E-state index in [0.29, 0.717) is 13.0 Å². The van der Waals surface area contributed by atoms with Crippen molar-refractivity contribution in [3.63, 3.8) is 0 Å². The molecule has 0 spiro atoms. The standard InChI is InChI=1S/C16H21N3O5/c20-13(12-4-2-8-24-12)17-6-7-18-15(23)19-9-11-3-1-5-16(11,10-19)14(21)22/h2,4,8,11H,1,3,5-7,9-10H2,(H,17,20)(H,18,23)(H,21,22)/t11-,16+/m0/s1. The number of nitrogens with one attached hydrogen (secondary N) is 2. The van der Waals surface area contributed by atoms with E-state index < -0.39 is 11.4 Å². The molecule has 2 atom stereocenters. The van der Waals surface area contributed by atoms with E-state index in [0.717, 1.165) is 12.8 Å². The molecule has 0 aromatic carbocycles. The maximum atomic E-state index is 12.2. The first-order chi connectivity index (χ1) is 11.5. The van der Waals surface area contributed by atoms with Crippen molar-refractivity contribution in [3.05, 3.63) is 24.2 Å². The van der Waals surface area contributed by atoms with Crippen molar-refractivity contribution in [2.75, 3.05) is 26.2 Å². The van der Waals surface area contributed by atoms with Crippen molar-refractivity contribution in [2.24, 2.45) is 11.3 Å². The summed E-state index contributed by atoms with van der Waals surface area (Å²) in [6.07, 6.45) is 3.82. The molecule has 3 rings (SSSR count). The first kappa shape index (κ1) is 16.4. The number of rotatable bonds is 5. The van der Waals surface area contributed by atoms with E-state index in [9.17, 15) is 19.5 Å². The zero-order chi connectivity index (χ0) is 17.2. The number of hydrogen-bond acceptors (Lipinski definition) is 4. The van der Waals surface area contributed by atoms with Crippen LogP contribution < -0.4 is 10.6 Å². The Bertz CT molecular complexity index is 630. The van der Waals surface area contributed by atoms with Gasteiger partial charge >= 0.3 is 12.0 Å². The second kappa shape index (κ2) is 6.54. The van der Waals surface area contributed by atoms with Gasteiger partial charge in [0.1, 0.15) is 0 Å². The summed E-state index contributed by atoms with van der Waals surface area (Å²) in [6.45, 7) is 1.29. The lowest BCUT2D eigenvalue weighted by atomic mass is 9.81. The Labute approximate surface area is 139 Å². The zero-order valence-electron chi connectivity index (χ0n) is 13.3. The molecule has 24 heavy (non-hydrogen) atoms. The van der Waals surface area contributed by atoms with Crippen LogP contribution in [-0.2, 0) is 4.79 Å². The minimum absolute atomic E-state index is 0.0411. The number of carbonyl (C=O) groups excluding carboxylic acids is 2. The second-order valence-electron chi connectivity index (χ2n) is 6.40. The highest BCUT2D eigenvalue weighted by molar-refractivity contribution is 5.91. The number of aliphatic carboxylic acids is 1. The van der Waals surface area contributed by atoms with Crippen LogP contribution in [0.15, 0.2) is 22.8 Å². The number of carboxylic acid groups (broad SMARTS) is 1. The molecule has 2 fully saturated rings. The molecular formula is C16H21N3O5. The molecule has 1 aliphatic carbocycles. The Morgan fingerprint density at radius 2 is 2.12 bits per heavy atom. The first-order valence-corrected chi connectivity index (χ1v) is 8.11. The summed E-state index contributed by atoms with van der Waals surface area (Å²) in [4.78, 5) is 37.1. The molecule has 1 aliphatic heterocycles. The van der Waals surface area contributed by atoms with E-state index in [2.05, 4.69) is 10.6 Å². The van der Waals surface area contributed by atoms with E-state index in [1.807, 2.05) is 0 Å². The van der Waals surface area contributed by atoms with Gasteiger partial charge in [0.05, 0.1) is 11.7 Å². The first-order valence-electron chi connectivity index (χ1n) is 8.11. The van der Waals surface area contributed by atoms with Crippen LogP contribution in [0, 0.1) is 11.3 Å². The minimum Gasteiger partial charge on any atom is -0.481 e. The second-order valence-corrected chi connectivity index (χ2v) is 6.40. The van der Waals surface area contributed by atoms with Crippen LogP contribution in [0.3, 0.4) is 0 Å². The van der Waals surface area contributed by atoms with Crippen LogP contribution >= 0.6 is 0 Å². The van der Waals surface area contributed by atoms with Gasteiger partial charge < -0.3 is 25.1 Å². The quantitative estimate of drug-likeness (QED) is 0.692. The number of amides is 3. The number of carbonyl (C=O) groups is 3. The Morgan fingerprint density at radius 3 is 2.79 bits per heavy atom. The fourth-order valence-electron chi connectivity index (χ4n) is 3.75. The minimum atomic E-state index is -0.800. The van der Waals surface area contributed by atoms with Gasteiger partial charge in [-0.25, -0.2) is 4.79 Å². The Kier molecular flexibility index (Phi) is 4.46. The van der Waals surface area contributed by atoms with Crippen molar-refractivity contribution >= 4 is 17.9 Å². The van der Waals surface area contributed by atoms with Gasteiger partial charge in [-0.2, -0.15) is 0 Å². The number of urea groups is 1. The Balaban J connectivity index is 1.43. The maximum absolute atomic E-state index is 12.2. The van der Waals surface area contributed by atoms with Crippen LogP contribution in [-0.4, -0.2) is 54.1 Å². The zero-order valence-corrected chi connectivity index (χ0v) is 13.3. The predicted molar refractivity (Wildman–Crippen MR) is 83.4 cm³/mol. The lowest BCUT2D eigenvalue weighted by Crippen LogP contribution is -2.43. The Morgan fingerprint density at radius 1 is 1.33 bits per heavy atom. The molecule has 1 aromatic rings. The normalized spacial score (nSPS) is 25.3. The van der Waals surface area contributed by atoms with E-state index in [1.54, 1.807) is 17.0 Å². The SMILES string of the molecule is O=C(NCCNC(=O)N1C[C@@H]2CCC[C@@]2(C(=O)O)C1)c1ccco1. The molecule has 3 amide bonds. The topological polar surface area (TPSA) is 112 Å². The average molecular weight is 335 g/mol. The fraction of sp³-hybridized carbons (Fsp3) is 0.562. The van der Waals surface area contributed by atoms with E-state index in [4.69, 9.17) is 4.42 Å². The molecule has 3 N–H and O–H groups in total. The van der Waals surface area contributed by atoms with Gasteiger partial charge in [-0.05, 0) is 30.9 Å². The number of nitrogens with zero attached hydrogens (tertiary/aromatic N) is 1. The molecule has 0 bridgehead atoms. The molecule has 0 unspecified atom stereocenters.